The van der Waals surface area contributed by atoms with E-state index in [0.717, 1.165) is 0 Å². The van der Waals surface area contributed by atoms with E-state index in [2.05, 4.69) is 4.98 Å². The number of pyridine rings is 1. The lowest BCUT2D eigenvalue weighted by atomic mass is 10.2. The Morgan fingerprint density at radius 1 is 1.29 bits per heavy atom. The summed E-state index contributed by atoms with van der Waals surface area (Å²) in [6, 6.07) is 10.1. The largest absolute Gasteiger partial charge is 0.475 e. The molecule has 2 aromatic rings. The fraction of sp³-hybridized carbons (Fsp3) is 0.188. The normalized spacial score (nSPS) is 10.9. The summed E-state index contributed by atoms with van der Waals surface area (Å²) in [6.07, 6.45) is 1.17. The number of nitrogens with one attached hydrogen (secondary N) is 1. The lowest BCUT2D eigenvalue weighted by molar-refractivity contribution is 0.0981. The maximum absolute atomic E-state index is 12.2. The maximum Gasteiger partial charge on any atom is 0.266 e. The number of sulfonamides is 1. The average molecular weight is 345 g/mol. The van der Waals surface area contributed by atoms with Crippen LogP contribution in [0.2, 0.25) is 0 Å². The van der Waals surface area contributed by atoms with Crippen molar-refractivity contribution in [2.75, 3.05) is 0 Å². The monoisotopic (exact) mass is 345 g/mol. The molecule has 7 nitrogen and oxygen atoms in total. The van der Waals surface area contributed by atoms with Crippen molar-refractivity contribution in [3.05, 3.63) is 53.7 Å². The van der Waals surface area contributed by atoms with Gasteiger partial charge >= 0.3 is 0 Å². The van der Waals surface area contributed by atoms with E-state index in [4.69, 9.17) is 10.00 Å². The molecule has 0 fully saturated rings. The second-order valence-electron chi connectivity index (χ2n) is 5.13. The molecule has 0 bridgehead atoms. The van der Waals surface area contributed by atoms with Gasteiger partial charge in [0.25, 0.3) is 15.9 Å². The quantitative estimate of drug-likeness (QED) is 0.886. The van der Waals surface area contributed by atoms with Gasteiger partial charge in [-0.25, -0.2) is 18.1 Å². The summed E-state index contributed by atoms with van der Waals surface area (Å²) in [4.78, 5) is 15.9. The summed E-state index contributed by atoms with van der Waals surface area (Å²) >= 11 is 0. The third kappa shape index (κ3) is 4.30. The molecule has 2 rings (SSSR count). The highest BCUT2D eigenvalue weighted by Gasteiger charge is 2.19. The van der Waals surface area contributed by atoms with Gasteiger partial charge in [0.2, 0.25) is 5.88 Å². The summed E-state index contributed by atoms with van der Waals surface area (Å²) in [5, 5.41) is 8.82. The predicted molar refractivity (Wildman–Crippen MR) is 85.8 cm³/mol. The van der Waals surface area contributed by atoms with Crippen LogP contribution in [0.1, 0.15) is 29.8 Å². The molecule has 0 saturated carbocycles. The Morgan fingerprint density at radius 2 is 2.04 bits per heavy atom. The van der Waals surface area contributed by atoms with Crippen LogP contribution in [-0.4, -0.2) is 25.4 Å². The molecule has 1 heterocycles. The van der Waals surface area contributed by atoms with Crippen LogP contribution in [0.5, 0.6) is 5.88 Å². The first-order chi connectivity index (χ1) is 11.3. The lowest BCUT2D eigenvalue weighted by Gasteiger charge is -2.09. The minimum Gasteiger partial charge on any atom is -0.475 e. The number of nitriles is 1. The topological polar surface area (TPSA) is 109 Å². The molecular weight excluding hydrogens is 330 g/mol. The molecule has 24 heavy (non-hydrogen) atoms. The van der Waals surface area contributed by atoms with Crippen LogP contribution in [0.15, 0.2) is 47.5 Å². The Bertz CT molecular complexity index is 884. The van der Waals surface area contributed by atoms with E-state index in [1.807, 2.05) is 24.6 Å². The number of nitrogens with zero attached hydrogens (tertiary/aromatic N) is 2. The number of amides is 1. The van der Waals surface area contributed by atoms with E-state index in [9.17, 15) is 13.2 Å². The number of carbonyl (C=O) groups excluding carboxylic acids is 1. The second-order valence-corrected chi connectivity index (χ2v) is 6.81. The maximum atomic E-state index is 12.2. The van der Waals surface area contributed by atoms with Crippen LogP contribution in [0.25, 0.3) is 0 Å². The van der Waals surface area contributed by atoms with Gasteiger partial charge in [0.15, 0.2) is 0 Å². The number of ether oxygens (including phenoxy) is 1. The van der Waals surface area contributed by atoms with E-state index in [-0.39, 0.29) is 22.1 Å². The third-order valence-corrected chi connectivity index (χ3v) is 4.18. The Balaban J connectivity index is 2.17. The number of benzene rings is 1. The molecule has 124 valence electrons. The molecule has 0 unspecified atom stereocenters. The highest BCUT2D eigenvalue weighted by molar-refractivity contribution is 7.90. The lowest BCUT2D eigenvalue weighted by Crippen LogP contribution is -2.30. The smallest absolute Gasteiger partial charge is 0.266 e. The molecule has 1 amide bonds. The van der Waals surface area contributed by atoms with Gasteiger partial charge in [-0.05, 0) is 38.1 Å². The Morgan fingerprint density at radius 3 is 2.62 bits per heavy atom. The first kappa shape index (κ1) is 17.4. The molecule has 0 aliphatic rings. The number of carbonyl (C=O) groups is 1. The fourth-order valence-corrected chi connectivity index (χ4v) is 2.82. The average Bonchev–Trinajstić information content (AvgIpc) is 2.54. The zero-order valence-corrected chi connectivity index (χ0v) is 13.9. The molecule has 0 radical (unpaired) electrons. The standard InChI is InChI=1S/C16H15N3O4S/c1-11(2)23-15-7-6-13(10-18-15)16(20)19-24(21,22)14-5-3-4-12(8-14)9-17/h3-8,10-11H,1-2H3,(H,19,20). The van der Waals surface area contributed by atoms with Crippen LogP contribution in [0.4, 0.5) is 0 Å². The van der Waals surface area contributed by atoms with Crippen LogP contribution in [0.3, 0.4) is 0 Å². The Labute approximate surface area is 140 Å². The minimum absolute atomic E-state index is 0.0648. The highest BCUT2D eigenvalue weighted by atomic mass is 32.2. The molecule has 0 saturated heterocycles. The third-order valence-electron chi connectivity index (χ3n) is 2.86. The molecule has 8 heteroatoms. The van der Waals surface area contributed by atoms with E-state index >= 15 is 0 Å². The van der Waals surface area contributed by atoms with Crippen molar-refractivity contribution in [1.29, 1.82) is 5.26 Å². The van der Waals surface area contributed by atoms with Crippen molar-refractivity contribution in [3.8, 4) is 11.9 Å². The SMILES string of the molecule is CC(C)Oc1ccc(C(=O)NS(=O)(=O)c2cccc(C#N)c2)cn1. The number of rotatable bonds is 5. The fourth-order valence-electron chi connectivity index (χ4n) is 1.80. The Hall–Kier alpha value is -2.92. The van der Waals surface area contributed by atoms with Gasteiger partial charge in [0.05, 0.1) is 28.2 Å². The van der Waals surface area contributed by atoms with Gasteiger partial charge in [-0.1, -0.05) is 6.07 Å². The molecule has 0 spiro atoms. The number of hydrogen-bond donors (Lipinski definition) is 1. The van der Waals surface area contributed by atoms with Crippen molar-refractivity contribution in [1.82, 2.24) is 9.71 Å². The number of hydrogen-bond acceptors (Lipinski definition) is 6. The van der Waals surface area contributed by atoms with Crippen LogP contribution in [-0.2, 0) is 10.0 Å². The van der Waals surface area contributed by atoms with Gasteiger partial charge in [-0.2, -0.15) is 5.26 Å². The van der Waals surface area contributed by atoms with Gasteiger partial charge in [0, 0.05) is 12.3 Å². The molecule has 1 N–H and O–H groups in total. The molecular formula is C16H15N3O4S. The summed E-state index contributed by atoms with van der Waals surface area (Å²) < 4.78 is 31.7. The molecule has 1 aromatic carbocycles. The summed E-state index contributed by atoms with van der Waals surface area (Å²) in [6.45, 7) is 3.68. The minimum atomic E-state index is -4.08. The predicted octanol–water partition coefficient (Wildman–Crippen LogP) is 1.86. The van der Waals surface area contributed by atoms with Crippen molar-refractivity contribution < 1.29 is 17.9 Å². The van der Waals surface area contributed by atoms with Gasteiger partial charge in [-0.3, -0.25) is 4.79 Å². The van der Waals surface area contributed by atoms with E-state index < -0.39 is 15.9 Å². The van der Waals surface area contributed by atoms with Crippen LogP contribution >= 0.6 is 0 Å². The highest BCUT2D eigenvalue weighted by Crippen LogP contribution is 2.13. The summed E-state index contributed by atoms with van der Waals surface area (Å²) in [5.41, 5.74) is 0.258. The van der Waals surface area contributed by atoms with Crippen molar-refractivity contribution in [3.63, 3.8) is 0 Å². The summed E-state index contributed by atoms with van der Waals surface area (Å²) in [5.74, 6) is -0.480. The molecule has 0 aliphatic heterocycles. The van der Waals surface area contributed by atoms with E-state index in [1.54, 1.807) is 0 Å². The van der Waals surface area contributed by atoms with Gasteiger partial charge < -0.3 is 4.74 Å². The van der Waals surface area contributed by atoms with Crippen molar-refractivity contribution in [2.45, 2.75) is 24.8 Å². The van der Waals surface area contributed by atoms with Gasteiger partial charge in [0.1, 0.15) is 0 Å². The second kappa shape index (κ2) is 7.10. The van der Waals surface area contributed by atoms with Gasteiger partial charge in [-0.15, -0.1) is 0 Å². The first-order valence-electron chi connectivity index (χ1n) is 7.02. The van der Waals surface area contributed by atoms with Crippen molar-refractivity contribution >= 4 is 15.9 Å². The first-order valence-corrected chi connectivity index (χ1v) is 8.50. The van der Waals surface area contributed by atoms with E-state index in [0.29, 0.717) is 5.88 Å². The molecule has 0 aliphatic carbocycles. The van der Waals surface area contributed by atoms with Crippen molar-refractivity contribution in [2.24, 2.45) is 0 Å². The zero-order chi connectivity index (χ0) is 17.7. The van der Waals surface area contributed by atoms with E-state index in [1.165, 1.54) is 42.6 Å². The zero-order valence-electron chi connectivity index (χ0n) is 13.1. The summed E-state index contributed by atoms with van der Waals surface area (Å²) in [7, 11) is -4.08. The Kier molecular flexibility index (Phi) is 5.16. The number of aromatic nitrogens is 1. The van der Waals surface area contributed by atoms with Crippen LogP contribution < -0.4 is 9.46 Å². The molecule has 1 aromatic heterocycles. The molecule has 0 atom stereocenters. The van der Waals surface area contributed by atoms with Crippen LogP contribution in [0, 0.1) is 11.3 Å².